The SMILES string of the molecule is CCN1CCCC1CN(Cc1cn[nH]c1-c1ccccc1)C(=O)CN(C)C. The second-order valence-corrected chi connectivity index (χ2v) is 7.57. The minimum absolute atomic E-state index is 0.170. The second-order valence-electron chi connectivity index (χ2n) is 7.57. The highest BCUT2D eigenvalue weighted by Crippen LogP contribution is 2.24. The Bertz CT molecular complexity index is 727. The van der Waals surface area contributed by atoms with Crippen LogP contribution in [0.4, 0.5) is 0 Å². The molecule has 6 heteroatoms. The molecule has 0 saturated carbocycles. The number of H-pyrrole nitrogens is 1. The van der Waals surface area contributed by atoms with Gasteiger partial charge in [-0.2, -0.15) is 5.10 Å². The van der Waals surface area contributed by atoms with E-state index in [0.717, 1.165) is 42.9 Å². The summed E-state index contributed by atoms with van der Waals surface area (Å²) in [6.07, 6.45) is 4.23. The van der Waals surface area contributed by atoms with E-state index in [1.807, 2.05) is 48.3 Å². The van der Waals surface area contributed by atoms with Gasteiger partial charge in [-0.3, -0.25) is 14.8 Å². The smallest absolute Gasteiger partial charge is 0.237 e. The fourth-order valence-corrected chi connectivity index (χ4v) is 3.89. The van der Waals surface area contributed by atoms with Crippen LogP contribution in [-0.2, 0) is 11.3 Å². The van der Waals surface area contributed by atoms with E-state index < -0.39 is 0 Å². The van der Waals surface area contributed by atoms with Crippen molar-refractivity contribution in [2.45, 2.75) is 32.4 Å². The van der Waals surface area contributed by atoms with Gasteiger partial charge in [0.15, 0.2) is 0 Å². The van der Waals surface area contributed by atoms with Crippen molar-refractivity contribution >= 4 is 5.91 Å². The summed E-state index contributed by atoms with van der Waals surface area (Å²) in [6, 6.07) is 10.6. The van der Waals surface area contributed by atoms with Gasteiger partial charge in [-0.1, -0.05) is 37.3 Å². The lowest BCUT2D eigenvalue weighted by Crippen LogP contribution is -2.45. The molecule has 1 amide bonds. The number of likely N-dealkylation sites (tertiary alicyclic amines) is 1. The number of aromatic nitrogens is 2. The monoisotopic (exact) mass is 369 g/mol. The lowest BCUT2D eigenvalue weighted by Gasteiger charge is -2.31. The zero-order valence-corrected chi connectivity index (χ0v) is 16.7. The number of nitrogens with zero attached hydrogens (tertiary/aromatic N) is 4. The number of benzene rings is 1. The lowest BCUT2D eigenvalue weighted by atomic mass is 10.1. The molecule has 1 aromatic heterocycles. The van der Waals surface area contributed by atoms with Gasteiger partial charge in [0, 0.05) is 24.7 Å². The molecule has 1 atom stereocenters. The van der Waals surface area contributed by atoms with Crippen LogP contribution in [0.3, 0.4) is 0 Å². The minimum Gasteiger partial charge on any atom is -0.336 e. The Balaban J connectivity index is 1.79. The zero-order chi connectivity index (χ0) is 19.2. The van der Waals surface area contributed by atoms with Crippen molar-refractivity contribution in [3.63, 3.8) is 0 Å². The summed E-state index contributed by atoms with van der Waals surface area (Å²) in [6.45, 7) is 6.17. The molecule has 2 heterocycles. The van der Waals surface area contributed by atoms with E-state index in [1.165, 1.54) is 6.42 Å². The standard InChI is InChI=1S/C21H31N5O/c1-4-25-12-8-11-19(25)15-26(20(27)16-24(2)3)14-18-13-22-23-21(18)17-9-6-5-7-10-17/h5-7,9-10,13,19H,4,8,11-12,14-16H2,1-3H3,(H,22,23). The molecule has 0 bridgehead atoms. The van der Waals surface area contributed by atoms with Crippen molar-refractivity contribution in [3.8, 4) is 11.3 Å². The van der Waals surface area contributed by atoms with Crippen LogP contribution in [0.5, 0.6) is 0 Å². The minimum atomic E-state index is 0.170. The Morgan fingerprint density at radius 3 is 2.78 bits per heavy atom. The van der Waals surface area contributed by atoms with Gasteiger partial charge in [0.2, 0.25) is 5.91 Å². The molecule has 1 N–H and O–H groups in total. The number of amides is 1. The van der Waals surface area contributed by atoms with Gasteiger partial charge in [0.1, 0.15) is 0 Å². The van der Waals surface area contributed by atoms with Crippen LogP contribution in [0, 0.1) is 0 Å². The summed E-state index contributed by atoms with van der Waals surface area (Å²) < 4.78 is 0. The van der Waals surface area contributed by atoms with Crippen molar-refractivity contribution in [1.82, 2.24) is 24.9 Å². The molecule has 1 aliphatic rings. The van der Waals surface area contributed by atoms with Crippen LogP contribution in [0.1, 0.15) is 25.3 Å². The van der Waals surface area contributed by atoms with Crippen molar-refractivity contribution in [1.29, 1.82) is 0 Å². The molecular formula is C21H31N5O. The molecule has 1 unspecified atom stereocenters. The molecule has 0 aliphatic carbocycles. The second kappa shape index (κ2) is 9.15. The highest BCUT2D eigenvalue weighted by Gasteiger charge is 2.28. The van der Waals surface area contributed by atoms with Crippen molar-refractivity contribution in [2.24, 2.45) is 0 Å². The summed E-state index contributed by atoms with van der Waals surface area (Å²) in [4.78, 5) is 19.4. The molecular weight excluding hydrogens is 338 g/mol. The summed E-state index contributed by atoms with van der Waals surface area (Å²) in [5.41, 5.74) is 3.16. The predicted octanol–water partition coefficient (Wildman–Crippen LogP) is 2.45. The molecule has 6 nitrogen and oxygen atoms in total. The molecule has 1 saturated heterocycles. The Hall–Kier alpha value is -2.18. The normalized spacial score (nSPS) is 17.6. The molecule has 0 radical (unpaired) electrons. The number of hydrogen-bond acceptors (Lipinski definition) is 4. The van der Waals surface area contributed by atoms with Gasteiger partial charge < -0.3 is 9.80 Å². The third kappa shape index (κ3) is 4.96. The lowest BCUT2D eigenvalue weighted by molar-refractivity contribution is -0.133. The molecule has 1 aliphatic heterocycles. The van der Waals surface area contributed by atoms with Crippen LogP contribution in [0.25, 0.3) is 11.3 Å². The molecule has 2 aromatic rings. The first kappa shape index (κ1) is 19.6. The van der Waals surface area contributed by atoms with Gasteiger partial charge in [0.25, 0.3) is 0 Å². The van der Waals surface area contributed by atoms with Crippen LogP contribution < -0.4 is 0 Å². The van der Waals surface area contributed by atoms with Crippen LogP contribution in [0.2, 0.25) is 0 Å². The van der Waals surface area contributed by atoms with Crippen molar-refractivity contribution < 1.29 is 4.79 Å². The van der Waals surface area contributed by atoms with Gasteiger partial charge in [0.05, 0.1) is 18.4 Å². The summed E-state index contributed by atoms with van der Waals surface area (Å²) in [7, 11) is 3.88. The summed E-state index contributed by atoms with van der Waals surface area (Å²) in [5.74, 6) is 0.170. The molecule has 146 valence electrons. The van der Waals surface area contributed by atoms with Gasteiger partial charge in [-0.15, -0.1) is 0 Å². The largest absolute Gasteiger partial charge is 0.336 e. The topological polar surface area (TPSA) is 55.5 Å². The third-order valence-corrected chi connectivity index (χ3v) is 5.28. The van der Waals surface area contributed by atoms with E-state index >= 15 is 0 Å². The van der Waals surface area contributed by atoms with E-state index in [1.54, 1.807) is 0 Å². The molecule has 0 spiro atoms. The zero-order valence-electron chi connectivity index (χ0n) is 16.7. The van der Waals surface area contributed by atoms with Gasteiger partial charge >= 0.3 is 0 Å². The van der Waals surface area contributed by atoms with Gasteiger partial charge in [-0.25, -0.2) is 0 Å². The van der Waals surface area contributed by atoms with Crippen LogP contribution in [0.15, 0.2) is 36.5 Å². The molecule has 27 heavy (non-hydrogen) atoms. The maximum Gasteiger partial charge on any atom is 0.237 e. The van der Waals surface area contributed by atoms with E-state index in [-0.39, 0.29) is 5.91 Å². The van der Waals surface area contributed by atoms with Gasteiger partial charge in [-0.05, 0) is 45.6 Å². The first-order chi connectivity index (χ1) is 13.1. The predicted molar refractivity (Wildman–Crippen MR) is 108 cm³/mol. The number of carbonyl (C=O) groups is 1. The highest BCUT2D eigenvalue weighted by molar-refractivity contribution is 5.78. The molecule has 3 rings (SSSR count). The first-order valence-electron chi connectivity index (χ1n) is 9.82. The number of rotatable bonds is 8. The van der Waals surface area contributed by atoms with Crippen LogP contribution in [-0.4, -0.2) is 77.1 Å². The van der Waals surface area contributed by atoms with Crippen molar-refractivity contribution in [2.75, 3.05) is 40.3 Å². The number of likely N-dealkylation sites (N-methyl/N-ethyl adjacent to an activating group) is 2. The fraction of sp³-hybridized carbons (Fsp3) is 0.524. The highest BCUT2D eigenvalue weighted by atomic mass is 16.2. The van der Waals surface area contributed by atoms with Crippen molar-refractivity contribution in [3.05, 3.63) is 42.1 Å². The van der Waals surface area contributed by atoms with Crippen LogP contribution >= 0.6 is 0 Å². The fourth-order valence-electron chi connectivity index (χ4n) is 3.89. The van der Waals surface area contributed by atoms with E-state index in [2.05, 4.69) is 34.2 Å². The Kier molecular flexibility index (Phi) is 6.63. The average molecular weight is 370 g/mol. The number of carbonyl (C=O) groups excluding carboxylic acids is 1. The molecule has 1 fully saturated rings. The Morgan fingerprint density at radius 1 is 1.30 bits per heavy atom. The first-order valence-corrected chi connectivity index (χ1v) is 9.82. The summed E-state index contributed by atoms with van der Waals surface area (Å²) >= 11 is 0. The maximum atomic E-state index is 12.9. The third-order valence-electron chi connectivity index (χ3n) is 5.28. The number of hydrogen-bond donors (Lipinski definition) is 1. The molecule has 1 aromatic carbocycles. The van der Waals surface area contributed by atoms with E-state index in [9.17, 15) is 4.79 Å². The Labute approximate surface area is 162 Å². The average Bonchev–Trinajstić information content (AvgIpc) is 3.30. The van der Waals surface area contributed by atoms with E-state index in [0.29, 0.717) is 19.1 Å². The van der Waals surface area contributed by atoms with E-state index in [4.69, 9.17) is 0 Å². The Morgan fingerprint density at radius 2 is 2.07 bits per heavy atom. The number of aromatic amines is 1. The maximum absolute atomic E-state index is 12.9. The summed E-state index contributed by atoms with van der Waals surface area (Å²) in [5, 5.41) is 7.36. The quantitative estimate of drug-likeness (QED) is 0.777. The number of nitrogens with one attached hydrogen (secondary N) is 1.